The van der Waals surface area contributed by atoms with Gasteiger partial charge in [-0.1, -0.05) is 35.9 Å². The molecule has 0 heterocycles. The number of carbonyl (C=O) groups excluding carboxylic acids is 1. The van der Waals surface area contributed by atoms with Gasteiger partial charge in [-0.25, -0.2) is 0 Å². The lowest BCUT2D eigenvalue weighted by molar-refractivity contribution is -0.114. The Morgan fingerprint density at radius 3 is 2.50 bits per heavy atom. The van der Waals surface area contributed by atoms with E-state index in [1.807, 2.05) is 31.2 Å². The van der Waals surface area contributed by atoms with Crippen LogP contribution in [-0.2, 0) is 11.3 Å². The number of anilines is 1. The molecule has 5 heteroatoms. The summed E-state index contributed by atoms with van der Waals surface area (Å²) < 4.78 is 0. The van der Waals surface area contributed by atoms with Gasteiger partial charge in [0.1, 0.15) is 5.71 Å². The van der Waals surface area contributed by atoms with E-state index in [1.54, 1.807) is 25.2 Å². The molecule has 0 aliphatic heterocycles. The number of hydrogen-bond acceptors (Lipinski definition) is 3. The molecule has 0 aromatic heterocycles. The number of halogens is 1. The first kappa shape index (κ1) is 16.0. The minimum absolute atomic E-state index is 0.0571. The van der Waals surface area contributed by atoms with Crippen molar-refractivity contribution >= 4 is 28.9 Å². The number of nitrogens with one attached hydrogen (secondary N) is 3. The predicted molar refractivity (Wildman–Crippen MR) is 90.9 cm³/mol. The molecule has 4 nitrogen and oxygen atoms in total. The predicted octanol–water partition coefficient (Wildman–Crippen LogP) is 3.37. The molecule has 1 amide bonds. The summed E-state index contributed by atoms with van der Waals surface area (Å²) in [5.74, 6) is -0.407. The highest BCUT2D eigenvalue weighted by molar-refractivity contribution is 6.45. The summed E-state index contributed by atoms with van der Waals surface area (Å²) in [5, 5.41) is 14.5. The van der Waals surface area contributed by atoms with Gasteiger partial charge in [-0.2, -0.15) is 0 Å². The highest BCUT2D eigenvalue weighted by atomic mass is 35.5. The SMILES string of the molecule is CNc1cc(C)ccc1C(=N)C(=O)NCc1ccc(Cl)cc1. The van der Waals surface area contributed by atoms with Crippen molar-refractivity contribution in [2.75, 3.05) is 12.4 Å². The maximum Gasteiger partial charge on any atom is 0.270 e. The van der Waals surface area contributed by atoms with Gasteiger partial charge in [0.25, 0.3) is 5.91 Å². The summed E-state index contributed by atoms with van der Waals surface area (Å²) in [6.07, 6.45) is 0. The molecule has 0 saturated carbocycles. The van der Waals surface area contributed by atoms with Gasteiger partial charge in [0.05, 0.1) is 0 Å². The molecule has 22 heavy (non-hydrogen) atoms. The summed E-state index contributed by atoms with van der Waals surface area (Å²) in [6.45, 7) is 2.33. The van der Waals surface area contributed by atoms with E-state index in [0.717, 1.165) is 16.8 Å². The zero-order valence-corrected chi connectivity index (χ0v) is 13.3. The topological polar surface area (TPSA) is 65.0 Å². The Hall–Kier alpha value is -2.33. The minimum Gasteiger partial charge on any atom is -0.388 e. The zero-order valence-electron chi connectivity index (χ0n) is 12.5. The first-order valence-electron chi connectivity index (χ1n) is 6.91. The molecule has 0 aliphatic rings. The van der Waals surface area contributed by atoms with E-state index >= 15 is 0 Å². The molecule has 0 atom stereocenters. The van der Waals surface area contributed by atoms with E-state index in [9.17, 15) is 4.79 Å². The average Bonchev–Trinajstić information content (AvgIpc) is 2.53. The minimum atomic E-state index is -0.407. The van der Waals surface area contributed by atoms with Crippen molar-refractivity contribution in [3.8, 4) is 0 Å². The smallest absolute Gasteiger partial charge is 0.270 e. The average molecular weight is 316 g/mol. The maximum absolute atomic E-state index is 12.1. The molecule has 0 bridgehead atoms. The van der Waals surface area contributed by atoms with E-state index < -0.39 is 5.91 Å². The number of benzene rings is 2. The lowest BCUT2D eigenvalue weighted by atomic mass is 10.0. The van der Waals surface area contributed by atoms with Gasteiger partial charge >= 0.3 is 0 Å². The van der Waals surface area contributed by atoms with E-state index in [2.05, 4.69) is 10.6 Å². The molecule has 3 N–H and O–H groups in total. The second-order valence-electron chi connectivity index (χ2n) is 4.98. The van der Waals surface area contributed by atoms with Crippen LogP contribution in [0.1, 0.15) is 16.7 Å². The van der Waals surface area contributed by atoms with Gasteiger partial charge in [-0.3, -0.25) is 10.2 Å². The highest BCUT2D eigenvalue weighted by Gasteiger charge is 2.15. The number of carbonyl (C=O) groups is 1. The summed E-state index contributed by atoms with van der Waals surface area (Å²) in [4.78, 5) is 12.1. The van der Waals surface area contributed by atoms with Gasteiger partial charge in [0.2, 0.25) is 0 Å². The van der Waals surface area contributed by atoms with Crippen LogP contribution in [-0.4, -0.2) is 18.7 Å². The number of rotatable bonds is 5. The van der Waals surface area contributed by atoms with Gasteiger partial charge in [-0.05, 0) is 36.2 Å². The van der Waals surface area contributed by atoms with Gasteiger partial charge in [0, 0.05) is 29.9 Å². The fourth-order valence-electron chi connectivity index (χ4n) is 2.08. The van der Waals surface area contributed by atoms with Gasteiger partial charge in [-0.15, -0.1) is 0 Å². The van der Waals surface area contributed by atoms with Crippen LogP contribution in [0.5, 0.6) is 0 Å². The Balaban J connectivity index is 2.06. The standard InChI is InChI=1S/C17H18ClN3O/c1-11-3-8-14(15(9-11)20-2)16(19)17(22)21-10-12-4-6-13(18)7-5-12/h3-9,19-20H,10H2,1-2H3,(H,21,22). The van der Waals surface area contributed by atoms with E-state index in [0.29, 0.717) is 17.1 Å². The van der Waals surface area contributed by atoms with Crippen LogP contribution >= 0.6 is 11.6 Å². The molecular weight excluding hydrogens is 298 g/mol. The van der Waals surface area contributed by atoms with Crippen LogP contribution in [0.2, 0.25) is 5.02 Å². The Morgan fingerprint density at radius 2 is 1.86 bits per heavy atom. The zero-order chi connectivity index (χ0) is 16.1. The Labute approximate surface area is 135 Å². The molecule has 114 valence electrons. The molecule has 2 aromatic rings. The van der Waals surface area contributed by atoms with Gasteiger partial charge in [0.15, 0.2) is 0 Å². The third-order valence-corrected chi connectivity index (χ3v) is 3.56. The monoisotopic (exact) mass is 315 g/mol. The Bertz CT molecular complexity index is 696. The fraction of sp³-hybridized carbons (Fsp3) is 0.176. The number of amides is 1. The van der Waals surface area contributed by atoms with Crippen LogP contribution in [0.25, 0.3) is 0 Å². The number of aryl methyl sites for hydroxylation is 1. The largest absolute Gasteiger partial charge is 0.388 e. The van der Waals surface area contributed by atoms with Crippen molar-refractivity contribution in [2.45, 2.75) is 13.5 Å². The summed E-state index contributed by atoms with van der Waals surface area (Å²) in [6, 6.07) is 12.8. The summed E-state index contributed by atoms with van der Waals surface area (Å²) in [5.41, 5.74) is 3.30. The summed E-state index contributed by atoms with van der Waals surface area (Å²) >= 11 is 5.82. The van der Waals surface area contributed by atoms with Gasteiger partial charge < -0.3 is 10.6 Å². The second-order valence-corrected chi connectivity index (χ2v) is 5.42. The van der Waals surface area contributed by atoms with E-state index in [1.165, 1.54) is 0 Å². The first-order chi connectivity index (χ1) is 10.5. The third-order valence-electron chi connectivity index (χ3n) is 3.31. The molecule has 0 unspecified atom stereocenters. The third kappa shape index (κ3) is 3.86. The quantitative estimate of drug-likeness (QED) is 0.741. The van der Waals surface area contributed by atoms with Crippen molar-refractivity contribution in [1.29, 1.82) is 5.41 Å². The second kappa shape index (κ2) is 7.09. The lowest BCUT2D eigenvalue weighted by Gasteiger charge is -2.11. The Morgan fingerprint density at radius 1 is 1.18 bits per heavy atom. The van der Waals surface area contributed by atoms with Crippen LogP contribution in [0.3, 0.4) is 0 Å². The molecule has 0 radical (unpaired) electrons. The van der Waals surface area contributed by atoms with Crippen molar-refractivity contribution in [2.24, 2.45) is 0 Å². The molecule has 2 rings (SSSR count). The van der Waals surface area contributed by atoms with Crippen molar-refractivity contribution < 1.29 is 4.79 Å². The van der Waals surface area contributed by atoms with Crippen LogP contribution in [0, 0.1) is 12.3 Å². The lowest BCUT2D eigenvalue weighted by Crippen LogP contribution is -2.31. The molecular formula is C17H18ClN3O. The molecule has 0 spiro atoms. The highest BCUT2D eigenvalue weighted by Crippen LogP contribution is 2.17. The van der Waals surface area contributed by atoms with Crippen molar-refractivity contribution in [1.82, 2.24) is 5.32 Å². The van der Waals surface area contributed by atoms with E-state index in [-0.39, 0.29) is 5.71 Å². The van der Waals surface area contributed by atoms with E-state index in [4.69, 9.17) is 17.0 Å². The molecule has 0 saturated heterocycles. The maximum atomic E-state index is 12.1. The summed E-state index contributed by atoms with van der Waals surface area (Å²) in [7, 11) is 1.77. The van der Waals surface area contributed by atoms with Crippen LogP contribution in [0.4, 0.5) is 5.69 Å². The number of hydrogen-bond donors (Lipinski definition) is 3. The van der Waals surface area contributed by atoms with Crippen LogP contribution in [0.15, 0.2) is 42.5 Å². The molecule has 2 aromatic carbocycles. The normalized spacial score (nSPS) is 10.1. The van der Waals surface area contributed by atoms with Crippen LogP contribution < -0.4 is 10.6 Å². The first-order valence-corrected chi connectivity index (χ1v) is 7.29. The molecule has 0 aliphatic carbocycles. The molecule has 0 fully saturated rings. The van der Waals surface area contributed by atoms with Crippen molar-refractivity contribution in [3.05, 3.63) is 64.2 Å². The fourth-order valence-corrected chi connectivity index (χ4v) is 2.20. The van der Waals surface area contributed by atoms with Crippen molar-refractivity contribution in [3.63, 3.8) is 0 Å². The Kier molecular flexibility index (Phi) is 5.17.